The molecule has 0 saturated carbocycles. The van der Waals surface area contributed by atoms with Gasteiger partial charge >= 0.3 is 5.97 Å². The molecule has 5 nitrogen and oxygen atoms in total. The van der Waals surface area contributed by atoms with Gasteiger partial charge in [-0.3, -0.25) is 0 Å². The van der Waals surface area contributed by atoms with E-state index in [1.807, 2.05) is 0 Å². The second-order valence-electron chi connectivity index (χ2n) is 6.71. The molecule has 0 amide bonds. The summed E-state index contributed by atoms with van der Waals surface area (Å²) in [5.41, 5.74) is 6.28. The van der Waals surface area contributed by atoms with Crippen LogP contribution in [0.4, 0.5) is 11.5 Å². The zero-order valence-electron chi connectivity index (χ0n) is 12.2. The highest BCUT2D eigenvalue weighted by molar-refractivity contribution is 5.89. The molecule has 0 aliphatic heterocycles. The molecule has 0 aromatic carbocycles. The molecule has 19 heavy (non-hydrogen) atoms. The number of hydrogen-bond acceptors (Lipinski definition) is 4. The summed E-state index contributed by atoms with van der Waals surface area (Å²) in [6.45, 7) is 10.6. The van der Waals surface area contributed by atoms with Gasteiger partial charge in [-0.05, 0) is 31.7 Å². The minimum absolute atomic E-state index is 0.0941. The Morgan fingerprint density at radius 1 is 1.37 bits per heavy atom. The summed E-state index contributed by atoms with van der Waals surface area (Å²) in [5.74, 6) is -0.501. The minimum atomic E-state index is -1.03. The fourth-order valence-electron chi connectivity index (χ4n) is 2.39. The summed E-state index contributed by atoms with van der Waals surface area (Å²) in [6, 6.07) is 1.42. The van der Waals surface area contributed by atoms with Crippen molar-refractivity contribution in [2.45, 2.75) is 46.6 Å². The van der Waals surface area contributed by atoms with Gasteiger partial charge in [0.05, 0.1) is 11.3 Å². The first-order valence-electron chi connectivity index (χ1n) is 6.27. The molecule has 0 spiro atoms. The lowest BCUT2D eigenvalue weighted by molar-refractivity contribution is 0.0696. The van der Waals surface area contributed by atoms with Crippen LogP contribution in [-0.4, -0.2) is 21.6 Å². The van der Waals surface area contributed by atoms with Crippen molar-refractivity contribution in [1.29, 1.82) is 0 Å². The van der Waals surface area contributed by atoms with E-state index in [1.54, 1.807) is 0 Å². The summed E-state index contributed by atoms with van der Waals surface area (Å²) in [7, 11) is 0. The van der Waals surface area contributed by atoms with Gasteiger partial charge in [0.1, 0.15) is 5.82 Å². The van der Waals surface area contributed by atoms with Crippen molar-refractivity contribution in [2.24, 2.45) is 5.41 Å². The molecule has 0 radical (unpaired) electrons. The second kappa shape index (κ2) is 5.07. The normalized spacial score (nSPS) is 12.3. The average Bonchev–Trinajstić information content (AvgIpc) is 2.16. The number of aromatic carboxylic acids is 1. The summed E-state index contributed by atoms with van der Waals surface area (Å²) >= 11 is 0. The van der Waals surface area contributed by atoms with E-state index in [2.05, 4.69) is 44.9 Å². The van der Waals surface area contributed by atoms with E-state index < -0.39 is 5.97 Å². The molecular weight excluding hydrogens is 242 g/mol. The van der Waals surface area contributed by atoms with Crippen LogP contribution in [0.2, 0.25) is 0 Å². The van der Waals surface area contributed by atoms with Gasteiger partial charge in [-0.1, -0.05) is 20.8 Å². The van der Waals surface area contributed by atoms with E-state index in [-0.39, 0.29) is 16.5 Å². The van der Waals surface area contributed by atoms with E-state index in [4.69, 9.17) is 10.8 Å². The number of aromatic nitrogens is 1. The first-order chi connectivity index (χ1) is 8.50. The molecule has 1 rings (SSSR count). The summed E-state index contributed by atoms with van der Waals surface area (Å²) in [5, 5.41) is 12.1. The molecular formula is C14H23N3O2. The number of hydrogen-bond donors (Lipinski definition) is 3. The lowest BCUT2D eigenvalue weighted by Gasteiger charge is -2.34. The maximum absolute atomic E-state index is 10.8. The SMILES string of the molecule is CC(C)(C)CC(C)(C)Nc1ncc(C(=O)O)cc1N. The van der Waals surface area contributed by atoms with Crippen LogP contribution < -0.4 is 11.1 Å². The number of carboxylic acid groups (broad SMARTS) is 1. The molecule has 0 aliphatic carbocycles. The lowest BCUT2D eigenvalue weighted by Crippen LogP contribution is -2.36. The van der Waals surface area contributed by atoms with Gasteiger partial charge in [-0.15, -0.1) is 0 Å². The molecule has 5 heteroatoms. The average molecular weight is 265 g/mol. The maximum Gasteiger partial charge on any atom is 0.337 e. The number of pyridine rings is 1. The molecule has 1 aromatic heterocycles. The van der Waals surface area contributed by atoms with Crippen LogP contribution in [0.5, 0.6) is 0 Å². The van der Waals surface area contributed by atoms with Gasteiger partial charge in [-0.2, -0.15) is 0 Å². The summed E-state index contributed by atoms with van der Waals surface area (Å²) < 4.78 is 0. The first kappa shape index (κ1) is 15.3. The van der Waals surface area contributed by atoms with Crippen LogP contribution in [0.1, 0.15) is 51.4 Å². The summed E-state index contributed by atoms with van der Waals surface area (Å²) in [4.78, 5) is 14.9. The number of anilines is 2. The number of nitrogens with zero attached hydrogens (tertiary/aromatic N) is 1. The van der Waals surface area contributed by atoms with Crippen LogP contribution in [0.25, 0.3) is 0 Å². The number of nitrogens with two attached hydrogens (primary N) is 1. The Morgan fingerprint density at radius 2 is 1.95 bits per heavy atom. The van der Waals surface area contributed by atoms with Gasteiger partial charge in [0.2, 0.25) is 0 Å². The number of nitrogens with one attached hydrogen (secondary N) is 1. The molecule has 0 aliphatic rings. The maximum atomic E-state index is 10.8. The first-order valence-corrected chi connectivity index (χ1v) is 6.27. The Labute approximate surface area is 114 Å². The van der Waals surface area contributed by atoms with Crippen molar-refractivity contribution in [2.75, 3.05) is 11.1 Å². The third-order valence-electron chi connectivity index (χ3n) is 2.59. The summed E-state index contributed by atoms with van der Waals surface area (Å²) in [6.07, 6.45) is 2.25. The molecule has 106 valence electrons. The standard InChI is InChI=1S/C14H23N3O2/c1-13(2,3)8-14(4,5)17-11-10(15)6-9(7-16-11)12(18)19/h6-7H,8,15H2,1-5H3,(H,16,17)(H,18,19). The van der Waals surface area contributed by atoms with Crippen molar-refractivity contribution in [3.63, 3.8) is 0 Å². The number of nitrogen functional groups attached to an aromatic ring is 1. The van der Waals surface area contributed by atoms with Crippen LogP contribution >= 0.6 is 0 Å². The van der Waals surface area contributed by atoms with Gasteiger partial charge in [0, 0.05) is 11.7 Å². The third-order valence-corrected chi connectivity index (χ3v) is 2.59. The van der Waals surface area contributed by atoms with Crippen molar-refractivity contribution in [3.05, 3.63) is 17.8 Å². The van der Waals surface area contributed by atoms with E-state index in [0.29, 0.717) is 11.5 Å². The Morgan fingerprint density at radius 3 is 2.37 bits per heavy atom. The highest BCUT2D eigenvalue weighted by Gasteiger charge is 2.26. The molecule has 1 heterocycles. The Balaban J connectivity index is 2.91. The fraction of sp³-hybridized carbons (Fsp3) is 0.571. The second-order valence-corrected chi connectivity index (χ2v) is 6.71. The van der Waals surface area contributed by atoms with Crippen molar-refractivity contribution in [3.8, 4) is 0 Å². The lowest BCUT2D eigenvalue weighted by atomic mass is 9.82. The highest BCUT2D eigenvalue weighted by Crippen LogP contribution is 2.30. The predicted octanol–water partition coefficient (Wildman–Crippen LogP) is 2.99. The van der Waals surface area contributed by atoms with Crippen LogP contribution in [0, 0.1) is 5.41 Å². The predicted molar refractivity (Wildman–Crippen MR) is 77.4 cm³/mol. The van der Waals surface area contributed by atoms with Gasteiger partial charge in [0.15, 0.2) is 0 Å². The molecule has 4 N–H and O–H groups in total. The smallest absolute Gasteiger partial charge is 0.337 e. The molecule has 0 atom stereocenters. The Hall–Kier alpha value is -1.78. The van der Waals surface area contributed by atoms with Crippen LogP contribution in [-0.2, 0) is 0 Å². The van der Waals surface area contributed by atoms with Gasteiger partial charge in [-0.25, -0.2) is 9.78 Å². The van der Waals surface area contributed by atoms with Gasteiger partial charge in [0.25, 0.3) is 0 Å². The van der Waals surface area contributed by atoms with E-state index in [0.717, 1.165) is 6.42 Å². The largest absolute Gasteiger partial charge is 0.478 e. The van der Waals surface area contributed by atoms with E-state index >= 15 is 0 Å². The van der Waals surface area contributed by atoms with Crippen LogP contribution in [0.3, 0.4) is 0 Å². The zero-order chi connectivity index (χ0) is 14.8. The van der Waals surface area contributed by atoms with Crippen molar-refractivity contribution < 1.29 is 9.90 Å². The monoisotopic (exact) mass is 265 g/mol. The number of rotatable bonds is 4. The molecule has 0 fully saturated rings. The van der Waals surface area contributed by atoms with E-state index in [1.165, 1.54) is 12.3 Å². The molecule has 0 saturated heterocycles. The zero-order valence-corrected chi connectivity index (χ0v) is 12.2. The Kier molecular flexibility index (Phi) is 4.08. The topological polar surface area (TPSA) is 88.2 Å². The van der Waals surface area contributed by atoms with Crippen molar-refractivity contribution in [1.82, 2.24) is 4.98 Å². The van der Waals surface area contributed by atoms with E-state index in [9.17, 15) is 4.79 Å². The molecule has 0 bridgehead atoms. The van der Waals surface area contributed by atoms with Gasteiger partial charge < -0.3 is 16.2 Å². The number of carbonyl (C=O) groups is 1. The fourth-order valence-corrected chi connectivity index (χ4v) is 2.39. The molecule has 1 aromatic rings. The minimum Gasteiger partial charge on any atom is -0.478 e. The van der Waals surface area contributed by atoms with Crippen molar-refractivity contribution >= 4 is 17.5 Å². The number of carboxylic acids is 1. The highest BCUT2D eigenvalue weighted by atomic mass is 16.4. The Bertz CT molecular complexity index is 476. The molecule has 0 unspecified atom stereocenters. The quantitative estimate of drug-likeness (QED) is 0.778. The van der Waals surface area contributed by atoms with Crippen LogP contribution in [0.15, 0.2) is 12.3 Å². The third kappa shape index (κ3) is 4.77.